The van der Waals surface area contributed by atoms with Crippen LogP contribution in [-0.2, 0) is 6.16 Å². The van der Waals surface area contributed by atoms with Crippen molar-refractivity contribution in [3.8, 4) is 0 Å². The zero-order valence-electron chi connectivity index (χ0n) is 10.6. The van der Waals surface area contributed by atoms with E-state index < -0.39 is 0 Å². The van der Waals surface area contributed by atoms with Gasteiger partial charge >= 0.3 is 0 Å². The Morgan fingerprint density at radius 1 is 1.27 bits per heavy atom. The number of hydrogen-bond acceptors (Lipinski definition) is 0. The Morgan fingerprint density at radius 3 is 2.47 bits per heavy atom. The maximum absolute atomic E-state index is 2.30. The molecule has 0 aliphatic rings. The number of allylic oxidation sites excluding steroid dienone is 1. The molecule has 1 rings (SSSR count). The molecule has 0 nitrogen and oxygen atoms in total. The zero-order valence-corrected chi connectivity index (χ0v) is 11.6. The molecule has 0 aromatic heterocycles. The minimum atomic E-state index is 1.01. The molecule has 1 atom stereocenters. The molecule has 0 bridgehead atoms. The van der Waals surface area contributed by atoms with Gasteiger partial charge in [0.05, 0.1) is 0 Å². The van der Waals surface area contributed by atoms with Crippen LogP contribution in [0.2, 0.25) is 0 Å². The van der Waals surface area contributed by atoms with Crippen molar-refractivity contribution in [3.05, 3.63) is 41.0 Å². The van der Waals surface area contributed by atoms with Gasteiger partial charge in [0.25, 0.3) is 0 Å². The average Bonchev–Trinajstić information content (AvgIpc) is 2.27. The third-order valence-corrected chi connectivity index (χ3v) is 2.83. The summed E-state index contributed by atoms with van der Waals surface area (Å²) in [6.07, 6.45) is 5.49. The fourth-order valence-corrected chi connectivity index (χ4v) is 1.99. The van der Waals surface area contributed by atoms with Gasteiger partial charge in [-0.25, -0.2) is 0 Å². The summed E-state index contributed by atoms with van der Waals surface area (Å²) in [7, 11) is 1.01. The van der Waals surface area contributed by atoms with E-state index in [1.54, 1.807) is 0 Å². The predicted molar refractivity (Wildman–Crippen MR) is 75.2 cm³/mol. The van der Waals surface area contributed by atoms with Crippen molar-refractivity contribution in [2.45, 2.75) is 33.9 Å². The Kier molecular flexibility index (Phi) is 8.33. The third-order valence-electron chi connectivity index (χ3n) is 2.07. The van der Waals surface area contributed by atoms with Crippen molar-refractivity contribution in [1.29, 1.82) is 0 Å². The molecule has 0 aliphatic heterocycles. The van der Waals surface area contributed by atoms with Crippen LogP contribution in [-0.4, -0.2) is 6.66 Å². The number of rotatable bonds is 3. The van der Waals surface area contributed by atoms with Crippen molar-refractivity contribution >= 4 is 14.7 Å². The van der Waals surface area contributed by atoms with Gasteiger partial charge in [0, 0.05) is 0 Å². The third kappa shape index (κ3) is 5.14. The van der Waals surface area contributed by atoms with Gasteiger partial charge in [-0.15, -0.1) is 8.58 Å². The lowest BCUT2D eigenvalue weighted by Crippen LogP contribution is -1.84. The molecule has 15 heavy (non-hydrogen) atoms. The average molecular weight is 222 g/mol. The van der Waals surface area contributed by atoms with Crippen LogP contribution in [0.4, 0.5) is 0 Å². The summed E-state index contributed by atoms with van der Waals surface area (Å²) in [6.45, 7) is 10.5. The highest BCUT2D eigenvalue weighted by atomic mass is 31.1. The van der Waals surface area contributed by atoms with Crippen LogP contribution in [0.25, 0.3) is 6.08 Å². The molecule has 1 aromatic rings. The number of benzene rings is 1. The van der Waals surface area contributed by atoms with E-state index in [1.807, 2.05) is 13.8 Å². The van der Waals surface area contributed by atoms with Crippen molar-refractivity contribution < 1.29 is 0 Å². The smallest absolute Gasteiger partial charge is 0.0103 e. The highest BCUT2D eigenvalue weighted by molar-refractivity contribution is 7.36. The van der Waals surface area contributed by atoms with Gasteiger partial charge in [-0.1, -0.05) is 44.2 Å². The molecule has 0 heterocycles. The van der Waals surface area contributed by atoms with Crippen LogP contribution in [0.1, 0.15) is 37.5 Å². The normalized spacial score (nSPS) is 10.7. The van der Waals surface area contributed by atoms with Gasteiger partial charge in [-0.05, 0) is 43.4 Å². The lowest BCUT2D eigenvalue weighted by Gasteiger charge is -2.04. The summed E-state index contributed by atoms with van der Waals surface area (Å²) in [5.41, 5.74) is 4.18. The lowest BCUT2D eigenvalue weighted by molar-refractivity contribution is 1.34. The molecule has 0 N–H and O–H groups in total. The molecule has 1 aromatic carbocycles. The van der Waals surface area contributed by atoms with Gasteiger partial charge in [0.1, 0.15) is 0 Å². The van der Waals surface area contributed by atoms with E-state index in [4.69, 9.17) is 0 Å². The standard InChI is InChI=1S/C12H17P.C2H6/c1-4-5-12-8-11(9-13-3)7-6-10(12)2;1-2/h4-8,13H,9H2,1-3H3;1-2H3/b5-4-;. The monoisotopic (exact) mass is 222 g/mol. The molecule has 0 saturated carbocycles. The molecule has 0 aliphatic carbocycles. The fraction of sp³-hybridized carbons (Fsp3) is 0.429. The second-order valence-corrected chi connectivity index (χ2v) is 4.28. The first-order valence-electron chi connectivity index (χ1n) is 5.64. The van der Waals surface area contributed by atoms with Crippen LogP contribution in [0.3, 0.4) is 0 Å². The van der Waals surface area contributed by atoms with E-state index in [1.165, 1.54) is 22.9 Å². The van der Waals surface area contributed by atoms with Gasteiger partial charge < -0.3 is 0 Å². The largest absolute Gasteiger partial charge is 0.121 e. The summed E-state index contributed by atoms with van der Waals surface area (Å²) in [5, 5.41) is 0. The molecular weight excluding hydrogens is 199 g/mol. The number of aryl methyl sites for hydroxylation is 1. The maximum atomic E-state index is 2.30. The second kappa shape index (κ2) is 8.68. The van der Waals surface area contributed by atoms with Crippen molar-refractivity contribution in [2.75, 3.05) is 6.66 Å². The molecule has 0 spiro atoms. The zero-order chi connectivity index (χ0) is 11.7. The molecule has 1 heteroatoms. The summed E-state index contributed by atoms with van der Waals surface area (Å²) < 4.78 is 0. The Morgan fingerprint density at radius 2 is 1.93 bits per heavy atom. The summed E-state index contributed by atoms with van der Waals surface area (Å²) in [5.74, 6) is 0. The minimum absolute atomic E-state index is 1.01. The second-order valence-electron chi connectivity index (χ2n) is 3.22. The number of hydrogen-bond donors (Lipinski definition) is 0. The SMILES string of the molecule is C/C=C\c1cc(CPC)ccc1C.CC. The molecule has 1 unspecified atom stereocenters. The Bertz CT molecular complexity index is 300. The van der Waals surface area contributed by atoms with E-state index in [-0.39, 0.29) is 0 Å². The summed E-state index contributed by atoms with van der Waals surface area (Å²) in [4.78, 5) is 0. The Balaban J connectivity index is 0.000000921. The van der Waals surface area contributed by atoms with Gasteiger partial charge in [-0.3, -0.25) is 0 Å². The van der Waals surface area contributed by atoms with Crippen molar-refractivity contribution in [1.82, 2.24) is 0 Å². The maximum Gasteiger partial charge on any atom is -0.0103 e. The van der Waals surface area contributed by atoms with E-state index in [2.05, 4.69) is 50.9 Å². The lowest BCUT2D eigenvalue weighted by atomic mass is 10.1. The highest BCUT2D eigenvalue weighted by Gasteiger charge is 1.96. The Labute approximate surface area is 96.6 Å². The highest BCUT2D eigenvalue weighted by Crippen LogP contribution is 2.18. The quantitative estimate of drug-likeness (QED) is 0.640. The van der Waals surface area contributed by atoms with Crippen molar-refractivity contribution in [2.24, 2.45) is 0 Å². The van der Waals surface area contributed by atoms with Crippen LogP contribution < -0.4 is 0 Å². The van der Waals surface area contributed by atoms with E-state index in [0.717, 1.165) is 8.58 Å². The summed E-state index contributed by atoms with van der Waals surface area (Å²) in [6, 6.07) is 6.75. The van der Waals surface area contributed by atoms with E-state index in [0.29, 0.717) is 0 Å². The fourth-order valence-electron chi connectivity index (χ4n) is 1.36. The summed E-state index contributed by atoms with van der Waals surface area (Å²) >= 11 is 0. The van der Waals surface area contributed by atoms with Crippen LogP contribution in [0.15, 0.2) is 24.3 Å². The van der Waals surface area contributed by atoms with E-state index in [9.17, 15) is 0 Å². The molecule has 0 radical (unpaired) electrons. The van der Waals surface area contributed by atoms with Crippen LogP contribution in [0, 0.1) is 6.92 Å². The topological polar surface area (TPSA) is 0 Å². The predicted octanol–water partition coefficient (Wildman–Crippen LogP) is 4.86. The van der Waals surface area contributed by atoms with Crippen molar-refractivity contribution in [3.63, 3.8) is 0 Å². The molecule has 0 saturated heterocycles. The van der Waals surface area contributed by atoms with Crippen LogP contribution >= 0.6 is 8.58 Å². The van der Waals surface area contributed by atoms with Gasteiger partial charge in [0.15, 0.2) is 0 Å². The molecule has 0 fully saturated rings. The van der Waals surface area contributed by atoms with Gasteiger partial charge in [0.2, 0.25) is 0 Å². The minimum Gasteiger partial charge on any atom is -0.121 e. The molecule has 84 valence electrons. The van der Waals surface area contributed by atoms with Crippen LogP contribution in [0.5, 0.6) is 0 Å². The van der Waals surface area contributed by atoms with E-state index >= 15 is 0 Å². The first-order valence-corrected chi connectivity index (χ1v) is 7.35. The Hall–Kier alpha value is -0.610. The van der Waals surface area contributed by atoms with Gasteiger partial charge in [-0.2, -0.15) is 0 Å². The molecular formula is C14H23P. The first kappa shape index (κ1) is 14.4. The molecule has 0 amide bonds. The first-order chi connectivity index (χ1) is 7.27.